The molecular weight excluding hydrogens is 310 g/mol. The summed E-state index contributed by atoms with van der Waals surface area (Å²) in [4.78, 5) is 7.73. The molecule has 1 aromatic carbocycles. The number of nitrogens with two attached hydrogens (primary N) is 2. The molecule has 0 spiro atoms. The first-order valence-electron chi connectivity index (χ1n) is 6.39. The number of anilines is 2. The highest BCUT2D eigenvalue weighted by atomic mass is 35.5. The number of halogens is 3. The average Bonchev–Trinajstić information content (AvgIpc) is 2.48. The van der Waals surface area contributed by atoms with Gasteiger partial charge in [-0.15, -0.1) is 0 Å². The quantitative estimate of drug-likeness (QED) is 0.710. The molecule has 0 saturated heterocycles. The molecule has 2 aromatic heterocycles. The van der Waals surface area contributed by atoms with E-state index in [1.807, 2.05) is 0 Å². The minimum Gasteiger partial charge on any atom is -0.396 e. The standard InChI is InChI=1S/C15H11ClF2N4/c16-12-5-7(14(19)15(20)22-12)4-9-10(17)6-11-8(13(9)18)2-1-3-21-11/h1-3,5-6H,4,19H2,(H2,20,22). The van der Waals surface area contributed by atoms with Crippen LogP contribution in [-0.2, 0) is 6.42 Å². The number of nitrogen functional groups attached to an aromatic ring is 2. The third kappa shape index (κ3) is 2.42. The fraction of sp³-hybridized carbons (Fsp3) is 0.0667. The zero-order valence-corrected chi connectivity index (χ0v) is 12.0. The number of rotatable bonds is 2. The molecule has 3 aromatic rings. The lowest BCUT2D eigenvalue weighted by Crippen LogP contribution is -2.06. The Morgan fingerprint density at radius 3 is 2.73 bits per heavy atom. The van der Waals surface area contributed by atoms with E-state index in [2.05, 4.69) is 9.97 Å². The minimum absolute atomic E-state index is 0.0331. The van der Waals surface area contributed by atoms with E-state index >= 15 is 0 Å². The summed E-state index contributed by atoms with van der Waals surface area (Å²) in [6.07, 6.45) is 1.39. The number of aromatic nitrogens is 2. The van der Waals surface area contributed by atoms with E-state index in [9.17, 15) is 8.78 Å². The van der Waals surface area contributed by atoms with Gasteiger partial charge in [-0.05, 0) is 23.8 Å². The highest BCUT2D eigenvalue weighted by Gasteiger charge is 2.17. The van der Waals surface area contributed by atoms with E-state index in [1.165, 1.54) is 24.4 Å². The Balaban J connectivity index is 2.16. The second kappa shape index (κ2) is 5.38. The topological polar surface area (TPSA) is 77.8 Å². The Kier molecular flexibility index (Phi) is 3.54. The van der Waals surface area contributed by atoms with Crippen molar-refractivity contribution in [2.45, 2.75) is 6.42 Å². The number of pyridine rings is 2. The van der Waals surface area contributed by atoms with Gasteiger partial charge in [0.15, 0.2) is 0 Å². The van der Waals surface area contributed by atoms with E-state index < -0.39 is 11.6 Å². The largest absolute Gasteiger partial charge is 0.396 e. The Hall–Kier alpha value is -2.47. The molecule has 0 amide bonds. The summed E-state index contributed by atoms with van der Waals surface area (Å²) in [5, 5.41) is 0.357. The number of nitrogens with zero attached hydrogens (tertiary/aromatic N) is 2. The molecule has 0 unspecified atom stereocenters. The summed E-state index contributed by atoms with van der Waals surface area (Å²) in [5.74, 6) is -1.34. The van der Waals surface area contributed by atoms with Crippen molar-refractivity contribution in [3.8, 4) is 0 Å². The molecule has 0 radical (unpaired) electrons. The van der Waals surface area contributed by atoms with Crippen LogP contribution in [0.5, 0.6) is 0 Å². The van der Waals surface area contributed by atoms with Gasteiger partial charge in [0.1, 0.15) is 22.6 Å². The lowest BCUT2D eigenvalue weighted by Gasteiger charge is -2.11. The maximum Gasteiger partial charge on any atom is 0.148 e. The van der Waals surface area contributed by atoms with Crippen molar-refractivity contribution in [2.75, 3.05) is 11.5 Å². The third-order valence-electron chi connectivity index (χ3n) is 3.40. The van der Waals surface area contributed by atoms with Crippen molar-refractivity contribution in [2.24, 2.45) is 0 Å². The van der Waals surface area contributed by atoms with Gasteiger partial charge in [0.25, 0.3) is 0 Å². The maximum atomic E-state index is 14.5. The minimum atomic E-state index is -0.699. The van der Waals surface area contributed by atoms with Gasteiger partial charge in [0.2, 0.25) is 0 Å². The number of benzene rings is 1. The highest BCUT2D eigenvalue weighted by molar-refractivity contribution is 6.29. The van der Waals surface area contributed by atoms with E-state index in [0.29, 0.717) is 5.56 Å². The summed E-state index contributed by atoms with van der Waals surface area (Å²) in [6, 6.07) is 5.76. The van der Waals surface area contributed by atoms with Gasteiger partial charge in [-0.3, -0.25) is 4.98 Å². The first kappa shape index (κ1) is 14.5. The normalized spacial score (nSPS) is 11.0. The molecule has 4 nitrogen and oxygen atoms in total. The first-order valence-corrected chi connectivity index (χ1v) is 6.77. The van der Waals surface area contributed by atoms with Crippen LogP contribution >= 0.6 is 11.6 Å². The summed E-state index contributed by atoms with van der Waals surface area (Å²) in [6.45, 7) is 0. The Bertz CT molecular complexity index is 883. The van der Waals surface area contributed by atoms with Crippen LogP contribution in [0, 0.1) is 11.6 Å². The fourth-order valence-corrected chi connectivity index (χ4v) is 2.51. The fourth-order valence-electron chi connectivity index (χ4n) is 2.29. The van der Waals surface area contributed by atoms with Crippen molar-refractivity contribution in [1.29, 1.82) is 0 Å². The van der Waals surface area contributed by atoms with Gasteiger partial charge in [0, 0.05) is 29.6 Å². The van der Waals surface area contributed by atoms with Crippen LogP contribution in [0.25, 0.3) is 10.9 Å². The molecule has 22 heavy (non-hydrogen) atoms. The lowest BCUT2D eigenvalue weighted by atomic mass is 10.0. The molecule has 112 valence electrons. The SMILES string of the molecule is Nc1nc(Cl)cc(Cc2c(F)cc3ncccc3c2F)c1N. The molecule has 0 aliphatic heterocycles. The number of hydrogen-bond acceptors (Lipinski definition) is 4. The zero-order valence-electron chi connectivity index (χ0n) is 11.3. The predicted octanol–water partition coefficient (Wildman–Crippen LogP) is 3.32. The van der Waals surface area contributed by atoms with E-state index in [1.54, 1.807) is 6.07 Å². The molecule has 0 saturated carbocycles. The van der Waals surface area contributed by atoms with Gasteiger partial charge in [0.05, 0.1) is 11.2 Å². The molecular formula is C15H11ClF2N4. The van der Waals surface area contributed by atoms with Crippen molar-refractivity contribution in [3.63, 3.8) is 0 Å². The zero-order chi connectivity index (χ0) is 15.9. The summed E-state index contributed by atoms with van der Waals surface area (Å²) < 4.78 is 28.7. The Morgan fingerprint density at radius 1 is 1.18 bits per heavy atom. The van der Waals surface area contributed by atoms with Crippen LogP contribution in [-0.4, -0.2) is 9.97 Å². The second-order valence-electron chi connectivity index (χ2n) is 4.80. The van der Waals surface area contributed by atoms with E-state index in [-0.39, 0.29) is 39.5 Å². The number of hydrogen-bond donors (Lipinski definition) is 2. The molecule has 4 N–H and O–H groups in total. The average molecular weight is 321 g/mol. The van der Waals surface area contributed by atoms with Crippen LogP contribution in [0.4, 0.5) is 20.3 Å². The third-order valence-corrected chi connectivity index (χ3v) is 3.60. The van der Waals surface area contributed by atoms with Crippen molar-refractivity contribution < 1.29 is 8.78 Å². The number of fused-ring (bicyclic) bond motifs is 1. The molecule has 0 aliphatic rings. The molecule has 7 heteroatoms. The van der Waals surface area contributed by atoms with Gasteiger partial charge in [-0.1, -0.05) is 11.6 Å². The second-order valence-corrected chi connectivity index (χ2v) is 5.19. The van der Waals surface area contributed by atoms with Crippen LogP contribution in [0.1, 0.15) is 11.1 Å². The van der Waals surface area contributed by atoms with Gasteiger partial charge in [-0.25, -0.2) is 13.8 Å². The lowest BCUT2D eigenvalue weighted by molar-refractivity contribution is 0.570. The summed E-state index contributed by atoms with van der Waals surface area (Å²) >= 11 is 5.82. The Morgan fingerprint density at radius 2 is 1.95 bits per heavy atom. The van der Waals surface area contributed by atoms with Gasteiger partial charge in [-0.2, -0.15) is 0 Å². The molecule has 0 aliphatic carbocycles. The monoisotopic (exact) mass is 320 g/mol. The van der Waals surface area contributed by atoms with Crippen LogP contribution < -0.4 is 11.5 Å². The molecule has 0 atom stereocenters. The highest BCUT2D eigenvalue weighted by Crippen LogP contribution is 2.29. The van der Waals surface area contributed by atoms with Crippen molar-refractivity contribution in [1.82, 2.24) is 9.97 Å². The molecule has 2 heterocycles. The van der Waals surface area contributed by atoms with Crippen LogP contribution in [0.15, 0.2) is 30.5 Å². The van der Waals surface area contributed by atoms with Crippen LogP contribution in [0.2, 0.25) is 5.15 Å². The van der Waals surface area contributed by atoms with Gasteiger partial charge < -0.3 is 11.5 Å². The van der Waals surface area contributed by atoms with E-state index in [0.717, 1.165) is 0 Å². The molecule has 0 fully saturated rings. The maximum absolute atomic E-state index is 14.5. The first-order chi connectivity index (χ1) is 10.5. The summed E-state index contributed by atoms with van der Waals surface area (Å²) in [5.41, 5.74) is 12.1. The summed E-state index contributed by atoms with van der Waals surface area (Å²) in [7, 11) is 0. The van der Waals surface area contributed by atoms with Crippen molar-refractivity contribution in [3.05, 3.63) is 58.4 Å². The Labute approximate surface area is 129 Å². The molecule has 3 rings (SSSR count). The van der Waals surface area contributed by atoms with E-state index in [4.69, 9.17) is 23.1 Å². The predicted molar refractivity (Wildman–Crippen MR) is 82.5 cm³/mol. The molecule has 0 bridgehead atoms. The van der Waals surface area contributed by atoms with Crippen LogP contribution in [0.3, 0.4) is 0 Å². The smallest absolute Gasteiger partial charge is 0.148 e. The van der Waals surface area contributed by atoms with Crippen molar-refractivity contribution >= 4 is 34.0 Å². The van der Waals surface area contributed by atoms with Gasteiger partial charge >= 0.3 is 0 Å².